The third-order valence-corrected chi connectivity index (χ3v) is 4.45. The molecule has 0 spiro atoms. The number of aromatic nitrogens is 3. The predicted molar refractivity (Wildman–Crippen MR) is 100 cm³/mol. The number of hydrogen-bond donors (Lipinski definition) is 1. The summed E-state index contributed by atoms with van der Waals surface area (Å²) in [7, 11) is 0. The van der Waals surface area contributed by atoms with Crippen LogP contribution < -0.4 is 5.32 Å². The van der Waals surface area contributed by atoms with Gasteiger partial charge in [0.05, 0.1) is 17.0 Å². The molecule has 0 aliphatic rings. The summed E-state index contributed by atoms with van der Waals surface area (Å²) in [4.78, 5) is 16.6. The second kappa shape index (κ2) is 7.09. The van der Waals surface area contributed by atoms with E-state index in [2.05, 4.69) is 15.4 Å². The summed E-state index contributed by atoms with van der Waals surface area (Å²) in [6.45, 7) is 0. The number of fused-ring (bicyclic) bond motifs is 1. The van der Waals surface area contributed by atoms with E-state index in [0.717, 1.165) is 12.1 Å². The first-order valence-electron chi connectivity index (χ1n) is 8.00. The molecule has 0 aliphatic carbocycles. The Morgan fingerprint density at radius 2 is 1.93 bits per heavy atom. The van der Waals surface area contributed by atoms with E-state index in [1.165, 1.54) is 36.6 Å². The van der Waals surface area contributed by atoms with Crippen molar-refractivity contribution in [2.75, 3.05) is 5.32 Å². The Kier molecular flexibility index (Phi) is 4.71. The van der Waals surface area contributed by atoms with Crippen LogP contribution in [0.5, 0.6) is 0 Å². The summed E-state index contributed by atoms with van der Waals surface area (Å²) >= 11 is 11.8. The summed E-state index contributed by atoms with van der Waals surface area (Å²) in [6, 6.07) is 9.34. The maximum atomic E-state index is 13.5. The highest BCUT2D eigenvalue weighted by Crippen LogP contribution is 2.32. The topological polar surface area (TPSA) is 72.4 Å². The number of hydrogen-bond acceptors (Lipinski definition) is 4. The highest BCUT2D eigenvalue weighted by Gasteiger charge is 2.36. The van der Waals surface area contributed by atoms with Crippen molar-refractivity contribution in [3.05, 3.63) is 70.2 Å². The zero-order valence-corrected chi connectivity index (χ0v) is 15.7. The molecule has 11 heteroatoms. The number of anilines is 1. The fraction of sp³-hybridized carbons (Fsp3) is 0.0556. The van der Waals surface area contributed by atoms with Gasteiger partial charge in [-0.05, 0) is 36.4 Å². The van der Waals surface area contributed by atoms with Crippen LogP contribution in [0.2, 0.25) is 10.0 Å². The molecule has 0 saturated heterocycles. The van der Waals surface area contributed by atoms with Gasteiger partial charge in [-0.15, -0.1) is 0 Å². The molecule has 0 aliphatic heterocycles. The molecule has 0 atom stereocenters. The molecule has 1 amide bonds. The number of nitrogens with zero attached hydrogens (tertiary/aromatic N) is 3. The molecule has 4 rings (SSSR count). The van der Waals surface area contributed by atoms with Crippen LogP contribution in [0.4, 0.5) is 18.9 Å². The molecule has 1 N–H and O–H groups in total. The van der Waals surface area contributed by atoms with Crippen molar-refractivity contribution in [3.8, 4) is 11.5 Å². The highest BCUT2D eigenvalue weighted by molar-refractivity contribution is 6.36. The van der Waals surface area contributed by atoms with Gasteiger partial charge in [-0.25, -0.2) is 9.50 Å². The van der Waals surface area contributed by atoms with E-state index in [4.69, 9.17) is 27.6 Å². The van der Waals surface area contributed by atoms with E-state index in [1.807, 2.05) is 0 Å². The number of carbonyl (C=O) groups excluding carboxylic acids is 1. The molecule has 6 nitrogen and oxygen atoms in total. The van der Waals surface area contributed by atoms with Crippen molar-refractivity contribution in [1.82, 2.24) is 14.6 Å². The monoisotopic (exact) mass is 440 g/mol. The van der Waals surface area contributed by atoms with Crippen molar-refractivity contribution in [3.63, 3.8) is 0 Å². The van der Waals surface area contributed by atoms with Crippen molar-refractivity contribution in [2.45, 2.75) is 6.18 Å². The van der Waals surface area contributed by atoms with Crippen molar-refractivity contribution >= 4 is 40.4 Å². The molecule has 0 radical (unpaired) electrons. The van der Waals surface area contributed by atoms with Crippen molar-refractivity contribution in [2.24, 2.45) is 0 Å². The van der Waals surface area contributed by atoms with Crippen LogP contribution in [-0.2, 0) is 6.18 Å². The maximum absolute atomic E-state index is 13.5. The van der Waals surface area contributed by atoms with Gasteiger partial charge in [-0.1, -0.05) is 23.2 Å². The molecular weight excluding hydrogens is 432 g/mol. The SMILES string of the molecule is O=C(Nc1ccc(Cl)cc1Cl)c1cc2nc(-c3ccco3)cc(C(F)(F)F)n2n1. The lowest BCUT2D eigenvalue weighted by molar-refractivity contribution is -0.142. The molecule has 0 saturated carbocycles. The molecule has 0 unspecified atom stereocenters. The van der Waals surface area contributed by atoms with E-state index in [0.29, 0.717) is 9.54 Å². The Balaban J connectivity index is 1.77. The third-order valence-electron chi connectivity index (χ3n) is 3.90. The number of amides is 1. The lowest BCUT2D eigenvalue weighted by atomic mass is 10.2. The standard InChI is InChI=1S/C18H9Cl2F3N4O2/c19-9-3-4-11(10(20)6-9)25-17(28)13-8-16-24-12(14-2-1-5-29-14)7-15(18(21,22)23)27(16)26-13/h1-8H,(H,25,28). The smallest absolute Gasteiger partial charge is 0.433 e. The van der Waals surface area contributed by atoms with Crippen LogP contribution in [0.1, 0.15) is 16.2 Å². The first kappa shape index (κ1) is 19.3. The van der Waals surface area contributed by atoms with Crippen LogP contribution in [0.15, 0.2) is 53.1 Å². The van der Waals surface area contributed by atoms with Crippen molar-refractivity contribution in [1.29, 1.82) is 0 Å². The van der Waals surface area contributed by atoms with Crippen molar-refractivity contribution < 1.29 is 22.4 Å². The molecule has 0 bridgehead atoms. The number of halogens is 5. The number of rotatable bonds is 3. The van der Waals surface area contributed by atoms with Crippen LogP contribution >= 0.6 is 23.2 Å². The number of carbonyl (C=O) groups is 1. The summed E-state index contributed by atoms with van der Waals surface area (Å²) in [6.07, 6.45) is -3.42. The minimum absolute atomic E-state index is 0.0394. The van der Waals surface area contributed by atoms with Gasteiger partial charge in [0.2, 0.25) is 0 Å². The largest absolute Gasteiger partial charge is 0.463 e. The first-order chi connectivity index (χ1) is 13.7. The molecule has 3 aromatic heterocycles. The van der Waals surface area contributed by atoms with Gasteiger partial charge in [-0.3, -0.25) is 4.79 Å². The normalized spacial score (nSPS) is 11.8. The molecule has 4 aromatic rings. The average Bonchev–Trinajstić information content (AvgIpc) is 3.31. The Hall–Kier alpha value is -3.04. The predicted octanol–water partition coefficient (Wildman–Crippen LogP) is 5.57. The summed E-state index contributed by atoms with van der Waals surface area (Å²) in [5.74, 6) is -0.606. The Bertz CT molecular complexity index is 1220. The van der Waals surface area contributed by atoms with E-state index in [1.54, 1.807) is 0 Å². The fourth-order valence-electron chi connectivity index (χ4n) is 2.62. The van der Waals surface area contributed by atoms with Gasteiger partial charge in [-0.2, -0.15) is 18.3 Å². The Labute approximate surface area is 170 Å². The lowest BCUT2D eigenvalue weighted by Gasteiger charge is -2.09. The summed E-state index contributed by atoms with van der Waals surface area (Å²) < 4.78 is 46.3. The maximum Gasteiger partial charge on any atom is 0.433 e. The molecule has 1 aromatic carbocycles. The number of benzene rings is 1. The van der Waals surface area contributed by atoms with Gasteiger partial charge in [0, 0.05) is 11.1 Å². The third kappa shape index (κ3) is 3.79. The van der Waals surface area contributed by atoms with Gasteiger partial charge in [0.1, 0.15) is 5.69 Å². The van der Waals surface area contributed by atoms with Crippen LogP contribution in [0.3, 0.4) is 0 Å². The van der Waals surface area contributed by atoms with Gasteiger partial charge in [0.15, 0.2) is 22.8 Å². The number of nitrogens with one attached hydrogen (secondary N) is 1. The zero-order chi connectivity index (χ0) is 20.8. The van der Waals surface area contributed by atoms with Gasteiger partial charge in [0.25, 0.3) is 5.91 Å². The summed E-state index contributed by atoms with van der Waals surface area (Å²) in [5.41, 5.74) is -1.34. The second-order valence-corrected chi connectivity index (χ2v) is 6.72. The molecule has 0 fully saturated rings. The minimum Gasteiger partial charge on any atom is -0.463 e. The average molecular weight is 441 g/mol. The number of furan rings is 1. The van der Waals surface area contributed by atoms with Crippen LogP contribution in [0.25, 0.3) is 17.1 Å². The first-order valence-corrected chi connectivity index (χ1v) is 8.76. The van der Waals surface area contributed by atoms with Gasteiger partial charge < -0.3 is 9.73 Å². The van der Waals surface area contributed by atoms with Crippen LogP contribution in [0, 0.1) is 0 Å². The fourth-order valence-corrected chi connectivity index (χ4v) is 3.07. The lowest BCUT2D eigenvalue weighted by Crippen LogP contribution is -2.15. The Morgan fingerprint density at radius 3 is 2.59 bits per heavy atom. The zero-order valence-electron chi connectivity index (χ0n) is 14.2. The van der Waals surface area contributed by atoms with E-state index < -0.39 is 17.8 Å². The molecule has 3 heterocycles. The summed E-state index contributed by atoms with van der Waals surface area (Å²) in [5, 5.41) is 6.79. The second-order valence-electron chi connectivity index (χ2n) is 5.88. The quantitative estimate of drug-likeness (QED) is 0.452. The van der Waals surface area contributed by atoms with Gasteiger partial charge >= 0.3 is 6.18 Å². The molecular formula is C18H9Cl2F3N4O2. The Morgan fingerprint density at radius 1 is 1.14 bits per heavy atom. The van der Waals surface area contributed by atoms with E-state index >= 15 is 0 Å². The van der Waals surface area contributed by atoms with E-state index in [-0.39, 0.29) is 33.5 Å². The van der Waals surface area contributed by atoms with Crippen LogP contribution in [-0.4, -0.2) is 20.5 Å². The highest BCUT2D eigenvalue weighted by atomic mass is 35.5. The van der Waals surface area contributed by atoms with E-state index in [9.17, 15) is 18.0 Å². The molecule has 148 valence electrons. The molecule has 29 heavy (non-hydrogen) atoms. The number of alkyl halides is 3. The minimum atomic E-state index is -4.73.